The van der Waals surface area contributed by atoms with Crippen molar-refractivity contribution in [2.24, 2.45) is 0 Å². The summed E-state index contributed by atoms with van der Waals surface area (Å²) < 4.78 is 14.4. The monoisotopic (exact) mass is 357 g/mol. The molecule has 1 aromatic carbocycles. The molecule has 0 aromatic heterocycles. The highest BCUT2D eigenvalue weighted by Gasteiger charge is 2.21. The van der Waals surface area contributed by atoms with Crippen molar-refractivity contribution < 1.29 is 9.18 Å². The number of piperidine rings is 1. The number of carbonyl (C=O) groups is 1. The number of hydrogen-bond donors (Lipinski definition) is 2. The number of halogens is 2. The first-order chi connectivity index (χ1) is 10.1. The van der Waals surface area contributed by atoms with Gasteiger partial charge in [0.1, 0.15) is 5.82 Å². The fourth-order valence-corrected chi connectivity index (χ4v) is 2.97. The summed E-state index contributed by atoms with van der Waals surface area (Å²) in [5, 5.41) is 5.97. The van der Waals surface area contributed by atoms with E-state index in [1.54, 1.807) is 12.1 Å². The summed E-state index contributed by atoms with van der Waals surface area (Å²) in [5.74, 6) is -0.598. The highest BCUT2D eigenvalue weighted by atomic mass is 79.9. The summed E-state index contributed by atoms with van der Waals surface area (Å²) in [7, 11) is 0. The summed E-state index contributed by atoms with van der Waals surface area (Å²) >= 11 is 3.20. The molecule has 1 saturated heterocycles. The zero-order valence-corrected chi connectivity index (χ0v) is 13.7. The van der Waals surface area contributed by atoms with Crippen LogP contribution >= 0.6 is 15.9 Å². The topological polar surface area (TPSA) is 44.4 Å². The van der Waals surface area contributed by atoms with Crippen LogP contribution < -0.4 is 10.6 Å². The van der Waals surface area contributed by atoms with Gasteiger partial charge in [0.25, 0.3) is 0 Å². The number of benzene rings is 1. The molecule has 0 bridgehead atoms. The molecule has 2 N–H and O–H groups in total. The number of hydrogen-bond acceptors (Lipinski definition) is 3. The molecule has 6 heteroatoms. The zero-order valence-electron chi connectivity index (χ0n) is 12.2. The molecule has 21 heavy (non-hydrogen) atoms. The molecule has 0 unspecified atom stereocenters. The van der Waals surface area contributed by atoms with Crippen LogP contribution in [0.5, 0.6) is 0 Å². The van der Waals surface area contributed by atoms with Crippen molar-refractivity contribution in [1.29, 1.82) is 0 Å². The van der Waals surface area contributed by atoms with Crippen molar-refractivity contribution in [3.8, 4) is 0 Å². The number of likely N-dealkylation sites (N-methyl/N-ethyl adjacent to an activating group) is 1. The molecule has 0 radical (unpaired) electrons. The Morgan fingerprint density at radius 3 is 2.81 bits per heavy atom. The first-order valence-electron chi connectivity index (χ1n) is 7.30. The van der Waals surface area contributed by atoms with Gasteiger partial charge >= 0.3 is 0 Å². The second-order valence-electron chi connectivity index (χ2n) is 5.22. The minimum absolute atomic E-state index is 0.170. The fraction of sp³-hybridized carbons (Fsp3) is 0.533. The Labute approximate surface area is 133 Å². The van der Waals surface area contributed by atoms with E-state index in [9.17, 15) is 9.18 Å². The third kappa shape index (κ3) is 4.76. The second kappa shape index (κ2) is 7.87. The Morgan fingerprint density at radius 1 is 1.48 bits per heavy atom. The fourth-order valence-electron chi connectivity index (χ4n) is 2.64. The zero-order chi connectivity index (χ0) is 15.2. The number of carbonyl (C=O) groups excluding carboxylic acids is 1. The van der Waals surface area contributed by atoms with Crippen LogP contribution in [0.4, 0.5) is 10.1 Å². The molecule has 116 valence electrons. The lowest BCUT2D eigenvalue weighted by atomic mass is 10.0. The number of nitrogens with zero attached hydrogens (tertiary/aromatic N) is 1. The average molecular weight is 358 g/mol. The Bertz CT molecular complexity index is 492. The van der Waals surface area contributed by atoms with Crippen molar-refractivity contribution in [1.82, 2.24) is 10.2 Å². The molecule has 1 aliphatic heterocycles. The highest BCUT2D eigenvalue weighted by Crippen LogP contribution is 2.19. The molecule has 2 rings (SSSR count). The Kier molecular flexibility index (Phi) is 6.14. The molecule has 4 nitrogen and oxygen atoms in total. The summed E-state index contributed by atoms with van der Waals surface area (Å²) in [4.78, 5) is 14.3. The van der Waals surface area contributed by atoms with Crippen LogP contribution in [0.2, 0.25) is 0 Å². The van der Waals surface area contributed by atoms with Gasteiger partial charge in [-0.05, 0) is 50.7 Å². The summed E-state index contributed by atoms with van der Waals surface area (Å²) in [6, 6.07) is 5.05. The highest BCUT2D eigenvalue weighted by molar-refractivity contribution is 9.10. The van der Waals surface area contributed by atoms with E-state index in [0.29, 0.717) is 17.1 Å². The normalized spacial score (nSPS) is 16.2. The van der Waals surface area contributed by atoms with Gasteiger partial charge in [0.15, 0.2) is 0 Å². The largest absolute Gasteiger partial charge is 0.322 e. The van der Waals surface area contributed by atoms with E-state index in [1.807, 2.05) is 0 Å². The molecule has 1 aromatic rings. The average Bonchev–Trinajstić information content (AvgIpc) is 2.48. The number of nitrogens with one attached hydrogen (secondary N) is 2. The number of anilines is 1. The SMILES string of the molecule is CCN(CC(=O)Nc1ccc(Br)cc1F)C1CCNCC1. The van der Waals surface area contributed by atoms with Gasteiger partial charge in [-0.25, -0.2) is 4.39 Å². The van der Waals surface area contributed by atoms with Gasteiger partial charge in [0.05, 0.1) is 12.2 Å². The molecule has 0 aliphatic carbocycles. The molecule has 0 spiro atoms. The van der Waals surface area contributed by atoms with Crippen molar-refractivity contribution in [2.45, 2.75) is 25.8 Å². The third-order valence-corrected chi connectivity index (χ3v) is 4.28. The van der Waals surface area contributed by atoms with E-state index in [0.717, 1.165) is 32.5 Å². The van der Waals surface area contributed by atoms with Gasteiger partial charge < -0.3 is 10.6 Å². The maximum absolute atomic E-state index is 13.7. The van der Waals surface area contributed by atoms with Crippen molar-refractivity contribution in [3.63, 3.8) is 0 Å². The maximum Gasteiger partial charge on any atom is 0.238 e. The molecule has 0 saturated carbocycles. The first kappa shape index (κ1) is 16.4. The van der Waals surface area contributed by atoms with E-state index in [2.05, 4.69) is 38.4 Å². The Morgan fingerprint density at radius 2 is 2.19 bits per heavy atom. The molecule has 1 amide bonds. The third-order valence-electron chi connectivity index (χ3n) is 3.78. The van der Waals surface area contributed by atoms with Gasteiger partial charge in [0.2, 0.25) is 5.91 Å². The molecular weight excluding hydrogens is 337 g/mol. The predicted molar refractivity (Wildman–Crippen MR) is 85.9 cm³/mol. The number of amides is 1. The van der Waals surface area contributed by atoms with Crippen LogP contribution in [0.1, 0.15) is 19.8 Å². The summed E-state index contributed by atoms with van der Waals surface area (Å²) in [6.45, 7) is 5.15. The predicted octanol–water partition coefficient (Wildman–Crippen LogP) is 2.60. The van der Waals surface area contributed by atoms with Gasteiger partial charge in [-0.2, -0.15) is 0 Å². The van der Waals surface area contributed by atoms with Gasteiger partial charge in [-0.1, -0.05) is 22.9 Å². The number of rotatable bonds is 5. The second-order valence-corrected chi connectivity index (χ2v) is 6.13. The van der Waals surface area contributed by atoms with Crippen molar-refractivity contribution in [2.75, 3.05) is 31.5 Å². The van der Waals surface area contributed by atoms with Crippen LogP contribution in [-0.2, 0) is 4.79 Å². The van der Waals surface area contributed by atoms with Crippen LogP contribution in [0, 0.1) is 5.82 Å². The Hall–Kier alpha value is -0.980. The lowest BCUT2D eigenvalue weighted by Crippen LogP contribution is -2.46. The Balaban J connectivity index is 1.92. The smallest absolute Gasteiger partial charge is 0.238 e. The van der Waals surface area contributed by atoms with E-state index in [-0.39, 0.29) is 11.6 Å². The molecule has 1 fully saturated rings. The summed E-state index contributed by atoms with van der Waals surface area (Å²) in [5.41, 5.74) is 0.226. The quantitative estimate of drug-likeness (QED) is 0.851. The van der Waals surface area contributed by atoms with Gasteiger partial charge in [-0.15, -0.1) is 0 Å². The molecular formula is C15H21BrFN3O. The minimum atomic E-state index is -0.428. The van der Waals surface area contributed by atoms with Gasteiger partial charge in [-0.3, -0.25) is 9.69 Å². The van der Waals surface area contributed by atoms with Crippen LogP contribution in [-0.4, -0.2) is 43.0 Å². The van der Waals surface area contributed by atoms with Crippen molar-refractivity contribution in [3.05, 3.63) is 28.5 Å². The first-order valence-corrected chi connectivity index (χ1v) is 8.09. The molecule has 1 aliphatic rings. The standard InChI is InChI=1S/C15H21BrFN3O/c1-2-20(12-5-7-18-8-6-12)10-15(21)19-14-4-3-11(16)9-13(14)17/h3-4,9,12,18H,2,5-8,10H2,1H3,(H,19,21). The van der Waals surface area contributed by atoms with Crippen LogP contribution in [0.15, 0.2) is 22.7 Å². The molecule has 0 atom stereocenters. The molecule has 1 heterocycles. The minimum Gasteiger partial charge on any atom is -0.322 e. The lowest BCUT2D eigenvalue weighted by molar-refractivity contribution is -0.118. The summed E-state index contributed by atoms with van der Waals surface area (Å²) in [6.07, 6.45) is 2.10. The lowest BCUT2D eigenvalue weighted by Gasteiger charge is -2.33. The van der Waals surface area contributed by atoms with Crippen LogP contribution in [0.25, 0.3) is 0 Å². The van der Waals surface area contributed by atoms with E-state index in [1.165, 1.54) is 6.07 Å². The van der Waals surface area contributed by atoms with Gasteiger partial charge in [0, 0.05) is 10.5 Å². The van der Waals surface area contributed by atoms with Crippen LogP contribution in [0.3, 0.4) is 0 Å². The van der Waals surface area contributed by atoms with Crippen molar-refractivity contribution >= 4 is 27.5 Å². The maximum atomic E-state index is 13.7. The van der Waals surface area contributed by atoms with E-state index >= 15 is 0 Å². The van der Waals surface area contributed by atoms with E-state index < -0.39 is 5.82 Å². The van der Waals surface area contributed by atoms with E-state index in [4.69, 9.17) is 0 Å².